The highest BCUT2D eigenvalue weighted by Crippen LogP contribution is 2.36. The third-order valence-electron chi connectivity index (χ3n) is 3.96. The molecule has 3 rings (SSSR count). The molecule has 7 heteroatoms. The third kappa shape index (κ3) is 4.20. The van der Waals surface area contributed by atoms with Gasteiger partial charge in [-0.25, -0.2) is 9.78 Å². The number of carbonyl (C=O) groups excluding carboxylic acids is 2. The van der Waals surface area contributed by atoms with E-state index in [9.17, 15) is 9.59 Å². The minimum atomic E-state index is -0.621. The lowest BCUT2D eigenvalue weighted by atomic mass is 10.1. The van der Waals surface area contributed by atoms with Gasteiger partial charge < -0.3 is 9.88 Å². The highest BCUT2D eigenvalue weighted by molar-refractivity contribution is 8.00. The summed E-state index contributed by atoms with van der Waals surface area (Å²) in [5, 5.41) is 4.84. The summed E-state index contributed by atoms with van der Waals surface area (Å²) in [7, 11) is 1.47. The lowest BCUT2D eigenvalue weighted by Gasteiger charge is -2.16. The van der Waals surface area contributed by atoms with Crippen molar-refractivity contribution in [2.75, 3.05) is 7.05 Å². The van der Waals surface area contributed by atoms with Crippen LogP contribution in [-0.4, -0.2) is 28.5 Å². The number of benzene rings is 2. The zero-order valence-electron chi connectivity index (χ0n) is 14.9. The molecule has 0 saturated heterocycles. The highest BCUT2D eigenvalue weighted by atomic mass is 32.2. The van der Waals surface area contributed by atoms with Crippen molar-refractivity contribution in [3.63, 3.8) is 0 Å². The van der Waals surface area contributed by atoms with Crippen molar-refractivity contribution in [3.8, 4) is 0 Å². The van der Waals surface area contributed by atoms with E-state index in [1.807, 2.05) is 59.2 Å². The van der Waals surface area contributed by atoms with E-state index >= 15 is 0 Å². The number of nitrogens with one attached hydrogen (secondary N) is 2. The first-order valence-corrected chi connectivity index (χ1v) is 9.32. The average Bonchev–Trinajstić information content (AvgIpc) is 3.04. The Bertz CT molecular complexity index is 969. The number of para-hydroxylation sites is 2. The molecule has 3 amide bonds. The number of hydrogen-bond donors (Lipinski definition) is 2. The number of nitrogens with zero attached hydrogens (tertiary/aromatic N) is 2. The van der Waals surface area contributed by atoms with Gasteiger partial charge >= 0.3 is 6.03 Å². The van der Waals surface area contributed by atoms with E-state index < -0.39 is 17.2 Å². The molecule has 0 aliphatic rings. The second kappa shape index (κ2) is 8.55. The average molecular weight is 380 g/mol. The van der Waals surface area contributed by atoms with Gasteiger partial charge in [-0.05, 0) is 17.7 Å². The summed E-state index contributed by atoms with van der Waals surface area (Å²) < 4.78 is 2.01. The van der Waals surface area contributed by atoms with Crippen molar-refractivity contribution in [3.05, 3.63) is 72.8 Å². The lowest BCUT2D eigenvalue weighted by molar-refractivity contribution is -0.119. The number of imide groups is 1. The summed E-state index contributed by atoms with van der Waals surface area (Å²) >= 11 is 1.31. The zero-order valence-corrected chi connectivity index (χ0v) is 15.7. The number of rotatable bonds is 6. The van der Waals surface area contributed by atoms with Gasteiger partial charge in [-0.3, -0.25) is 10.1 Å². The van der Waals surface area contributed by atoms with Crippen LogP contribution < -0.4 is 10.6 Å². The molecule has 27 heavy (non-hydrogen) atoms. The molecule has 3 aromatic rings. The largest absolute Gasteiger partial charge is 0.341 e. The molecule has 0 aliphatic carbocycles. The molecular formula is C20H20N4O2S. The van der Waals surface area contributed by atoms with Crippen molar-refractivity contribution >= 4 is 34.7 Å². The number of aromatic nitrogens is 2. The number of hydrogen-bond acceptors (Lipinski definition) is 4. The molecule has 1 aromatic heterocycles. The van der Waals surface area contributed by atoms with E-state index in [4.69, 9.17) is 0 Å². The van der Waals surface area contributed by atoms with Gasteiger partial charge in [-0.2, -0.15) is 0 Å². The van der Waals surface area contributed by atoms with Gasteiger partial charge in [0.15, 0.2) is 5.16 Å². The number of fused-ring (bicyclic) bond motifs is 1. The lowest BCUT2D eigenvalue weighted by Crippen LogP contribution is -2.39. The molecule has 138 valence electrons. The Morgan fingerprint density at radius 1 is 1.19 bits per heavy atom. The quantitative estimate of drug-likeness (QED) is 0.507. The highest BCUT2D eigenvalue weighted by Gasteiger charge is 2.26. The first kappa shape index (κ1) is 18.7. The van der Waals surface area contributed by atoms with Crippen LogP contribution in [0.25, 0.3) is 11.0 Å². The van der Waals surface area contributed by atoms with Gasteiger partial charge in [0.05, 0.1) is 11.0 Å². The number of thioether (sulfide) groups is 1. The Kier molecular flexibility index (Phi) is 5.93. The fourth-order valence-electron chi connectivity index (χ4n) is 2.70. The molecule has 0 unspecified atom stereocenters. The van der Waals surface area contributed by atoms with Crippen molar-refractivity contribution in [1.29, 1.82) is 0 Å². The van der Waals surface area contributed by atoms with E-state index in [1.54, 1.807) is 6.08 Å². The molecular weight excluding hydrogens is 360 g/mol. The molecule has 6 nitrogen and oxygen atoms in total. The Labute approximate surface area is 161 Å². The van der Waals surface area contributed by atoms with E-state index in [0.29, 0.717) is 11.7 Å². The topological polar surface area (TPSA) is 76.0 Å². The summed E-state index contributed by atoms with van der Waals surface area (Å²) in [5.41, 5.74) is 2.61. The fraction of sp³-hybridized carbons (Fsp3) is 0.150. The number of urea groups is 1. The zero-order chi connectivity index (χ0) is 19.2. The van der Waals surface area contributed by atoms with E-state index in [-0.39, 0.29) is 0 Å². The van der Waals surface area contributed by atoms with Gasteiger partial charge in [-0.15, -0.1) is 6.58 Å². The minimum absolute atomic E-state index is 0.400. The van der Waals surface area contributed by atoms with Gasteiger partial charge in [0.25, 0.3) is 0 Å². The van der Waals surface area contributed by atoms with Crippen LogP contribution >= 0.6 is 11.8 Å². The molecule has 0 spiro atoms. The second-order valence-corrected chi connectivity index (χ2v) is 6.83. The Hall–Kier alpha value is -3.06. The molecule has 0 saturated carbocycles. The number of imidazole rings is 1. The summed E-state index contributed by atoms with van der Waals surface area (Å²) in [6.45, 7) is 4.39. The summed E-state index contributed by atoms with van der Waals surface area (Å²) in [6.07, 6.45) is 1.79. The van der Waals surface area contributed by atoms with Crippen molar-refractivity contribution in [2.24, 2.45) is 0 Å². The minimum Gasteiger partial charge on any atom is -0.341 e. The van der Waals surface area contributed by atoms with Gasteiger partial charge in [0, 0.05) is 13.6 Å². The molecule has 1 heterocycles. The summed E-state index contributed by atoms with van der Waals surface area (Å²) in [5.74, 6) is -0.400. The maximum absolute atomic E-state index is 12.8. The van der Waals surface area contributed by atoms with Crippen LogP contribution in [-0.2, 0) is 11.3 Å². The number of carbonyl (C=O) groups is 2. The van der Waals surface area contributed by atoms with E-state index in [0.717, 1.165) is 16.6 Å². The van der Waals surface area contributed by atoms with Crippen molar-refractivity contribution in [2.45, 2.75) is 17.0 Å². The molecule has 2 N–H and O–H groups in total. The summed E-state index contributed by atoms with van der Waals surface area (Å²) in [4.78, 5) is 29.1. The molecule has 2 aromatic carbocycles. The van der Waals surface area contributed by atoms with Gasteiger partial charge in [0.1, 0.15) is 5.25 Å². The van der Waals surface area contributed by atoms with Crippen molar-refractivity contribution in [1.82, 2.24) is 20.2 Å². The molecule has 0 fully saturated rings. The second-order valence-electron chi connectivity index (χ2n) is 5.76. The smallest absolute Gasteiger partial charge is 0.321 e. The summed E-state index contributed by atoms with van der Waals surface area (Å²) in [6, 6.07) is 16.6. The Morgan fingerprint density at radius 2 is 1.89 bits per heavy atom. The standard InChI is InChI=1S/C20H20N4O2S/c1-3-13-24-16-12-8-7-11-15(16)22-20(24)27-17(14-9-5-4-6-10-14)18(25)23-19(26)21-2/h3-12,17H,1,13H2,2H3,(H2,21,23,25,26)/t17-/m1/s1. The molecule has 1 atom stereocenters. The normalized spacial score (nSPS) is 11.7. The van der Waals surface area contributed by atoms with Gasteiger partial charge in [-0.1, -0.05) is 60.3 Å². The molecule has 0 bridgehead atoms. The van der Waals surface area contributed by atoms with Gasteiger partial charge in [0.2, 0.25) is 5.91 Å². The maximum Gasteiger partial charge on any atom is 0.321 e. The van der Waals surface area contributed by atoms with E-state index in [2.05, 4.69) is 22.2 Å². The van der Waals surface area contributed by atoms with Crippen LogP contribution in [0.3, 0.4) is 0 Å². The number of allylic oxidation sites excluding steroid dienone is 1. The predicted octanol–water partition coefficient (Wildman–Crippen LogP) is 3.51. The fourth-order valence-corrected chi connectivity index (χ4v) is 3.82. The SMILES string of the molecule is C=CCn1c(S[C@@H](C(=O)NC(=O)NC)c2ccccc2)nc2ccccc21. The van der Waals surface area contributed by atoms with Crippen LogP contribution in [0.5, 0.6) is 0 Å². The van der Waals surface area contributed by atoms with Crippen molar-refractivity contribution < 1.29 is 9.59 Å². The Morgan fingerprint density at radius 3 is 2.59 bits per heavy atom. The first-order chi connectivity index (χ1) is 13.1. The van der Waals surface area contributed by atoms with Crippen LogP contribution in [0, 0.1) is 0 Å². The van der Waals surface area contributed by atoms with E-state index in [1.165, 1.54) is 18.8 Å². The van der Waals surface area contributed by atoms with Crippen LogP contribution in [0.4, 0.5) is 4.79 Å². The first-order valence-electron chi connectivity index (χ1n) is 8.44. The van der Waals surface area contributed by atoms with Crippen LogP contribution in [0.1, 0.15) is 10.8 Å². The van der Waals surface area contributed by atoms with Crippen LogP contribution in [0.2, 0.25) is 0 Å². The molecule has 0 radical (unpaired) electrons. The molecule has 0 aliphatic heterocycles. The number of amides is 3. The Balaban J connectivity index is 2.00. The maximum atomic E-state index is 12.8. The third-order valence-corrected chi connectivity index (χ3v) is 5.20. The van der Waals surface area contributed by atoms with Crippen LogP contribution in [0.15, 0.2) is 72.4 Å². The monoisotopic (exact) mass is 380 g/mol. The predicted molar refractivity (Wildman–Crippen MR) is 108 cm³/mol.